The molecule has 0 aliphatic carbocycles. The van der Waals surface area contributed by atoms with Crippen LogP contribution in [0.3, 0.4) is 0 Å². The van der Waals surface area contributed by atoms with Gasteiger partial charge in [-0.15, -0.1) is 24.0 Å². The zero-order chi connectivity index (χ0) is 19.4. The fourth-order valence-corrected chi connectivity index (χ4v) is 3.48. The van der Waals surface area contributed by atoms with Crippen molar-refractivity contribution < 1.29 is 12.8 Å². The molecule has 6 nitrogen and oxygen atoms in total. The number of hydrogen-bond donors (Lipinski definition) is 2. The highest BCUT2D eigenvalue weighted by molar-refractivity contribution is 14.0. The average molecular weight is 507 g/mol. The smallest absolute Gasteiger partial charge is 0.191 e. The second kappa shape index (κ2) is 9.77. The Labute approximate surface area is 179 Å². The van der Waals surface area contributed by atoms with E-state index in [2.05, 4.69) is 15.6 Å². The third kappa shape index (κ3) is 7.69. The molecule has 27 heavy (non-hydrogen) atoms. The highest BCUT2D eigenvalue weighted by atomic mass is 127. The number of para-hydroxylation sites is 1. The summed E-state index contributed by atoms with van der Waals surface area (Å²) < 4.78 is 28.6. The van der Waals surface area contributed by atoms with E-state index >= 15 is 0 Å². The number of hydrogen-bond acceptors (Lipinski definition) is 4. The number of benzene rings is 1. The van der Waals surface area contributed by atoms with Gasteiger partial charge in [-0.05, 0) is 30.9 Å². The van der Waals surface area contributed by atoms with Crippen LogP contribution < -0.4 is 10.6 Å². The Balaban J connectivity index is 0.00000364. The van der Waals surface area contributed by atoms with E-state index < -0.39 is 9.84 Å². The van der Waals surface area contributed by atoms with E-state index in [-0.39, 0.29) is 41.2 Å². The van der Waals surface area contributed by atoms with Gasteiger partial charge in [0.1, 0.15) is 21.2 Å². The minimum atomic E-state index is -2.96. The number of furan rings is 1. The molecule has 0 radical (unpaired) electrons. The molecule has 0 fully saturated rings. The summed E-state index contributed by atoms with van der Waals surface area (Å²) in [7, 11) is -1.24. The Morgan fingerprint density at radius 3 is 2.56 bits per heavy atom. The minimum Gasteiger partial charge on any atom is -0.459 e. The van der Waals surface area contributed by atoms with Crippen LogP contribution in [0, 0.1) is 5.41 Å². The topological polar surface area (TPSA) is 83.7 Å². The van der Waals surface area contributed by atoms with E-state index in [0.29, 0.717) is 18.9 Å². The lowest BCUT2D eigenvalue weighted by molar-refractivity contribution is 0.347. The summed E-state index contributed by atoms with van der Waals surface area (Å²) in [4.78, 5) is 4.25. The molecule has 0 aliphatic rings. The summed E-state index contributed by atoms with van der Waals surface area (Å²) in [6.45, 7) is 6.72. The Bertz CT molecular complexity index is 842. The van der Waals surface area contributed by atoms with Crippen LogP contribution in [-0.2, 0) is 9.84 Å². The average Bonchev–Trinajstić information content (AvgIpc) is 3.00. The van der Waals surface area contributed by atoms with E-state index in [9.17, 15) is 8.42 Å². The van der Waals surface area contributed by atoms with Crippen molar-refractivity contribution in [2.45, 2.75) is 33.2 Å². The molecular formula is C19H30IN3O3S. The molecular weight excluding hydrogens is 477 g/mol. The molecule has 8 heteroatoms. The summed E-state index contributed by atoms with van der Waals surface area (Å²) in [6, 6.07) is 9.88. The minimum absolute atomic E-state index is 0. The normalized spacial score (nSPS) is 13.9. The fourth-order valence-electron chi connectivity index (χ4n) is 2.56. The molecule has 1 aromatic heterocycles. The van der Waals surface area contributed by atoms with Crippen LogP contribution in [0.4, 0.5) is 0 Å². The van der Waals surface area contributed by atoms with Crippen molar-refractivity contribution in [1.82, 2.24) is 10.6 Å². The van der Waals surface area contributed by atoms with E-state index in [1.54, 1.807) is 7.05 Å². The molecule has 1 heterocycles. The van der Waals surface area contributed by atoms with Gasteiger partial charge >= 0.3 is 0 Å². The van der Waals surface area contributed by atoms with Crippen LogP contribution in [0.25, 0.3) is 11.0 Å². The van der Waals surface area contributed by atoms with Crippen molar-refractivity contribution in [1.29, 1.82) is 0 Å². The zero-order valence-electron chi connectivity index (χ0n) is 16.6. The summed E-state index contributed by atoms with van der Waals surface area (Å²) >= 11 is 0. The van der Waals surface area contributed by atoms with E-state index in [1.165, 1.54) is 6.26 Å². The number of nitrogens with zero attached hydrogens (tertiary/aromatic N) is 1. The van der Waals surface area contributed by atoms with Crippen LogP contribution in [0.2, 0.25) is 0 Å². The van der Waals surface area contributed by atoms with E-state index in [4.69, 9.17) is 4.42 Å². The van der Waals surface area contributed by atoms with Gasteiger partial charge in [-0.2, -0.15) is 0 Å². The molecule has 0 amide bonds. The molecule has 0 bridgehead atoms. The molecule has 0 spiro atoms. The number of fused-ring (bicyclic) bond motifs is 1. The third-order valence-electron chi connectivity index (χ3n) is 4.33. The largest absolute Gasteiger partial charge is 0.459 e. The van der Waals surface area contributed by atoms with Crippen molar-refractivity contribution in [3.05, 3.63) is 36.1 Å². The van der Waals surface area contributed by atoms with Crippen LogP contribution in [0.5, 0.6) is 0 Å². The van der Waals surface area contributed by atoms with Crippen molar-refractivity contribution in [3.63, 3.8) is 0 Å². The van der Waals surface area contributed by atoms with Crippen molar-refractivity contribution in [2.24, 2.45) is 10.4 Å². The lowest BCUT2D eigenvalue weighted by atomic mass is 9.90. The molecule has 2 N–H and O–H groups in total. The number of nitrogens with one attached hydrogen (secondary N) is 2. The molecule has 2 rings (SSSR count). The van der Waals surface area contributed by atoms with Gasteiger partial charge in [0, 0.05) is 25.2 Å². The summed E-state index contributed by atoms with van der Waals surface area (Å²) in [5.41, 5.74) is 0.699. The first-order valence-corrected chi connectivity index (χ1v) is 10.8. The first kappa shape index (κ1) is 23.7. The fraction of sp³-hybridized carbons (Fsp3) is 0.526. The number of halogens is 1. The maximum atomic E-state index is 11.4. The quantitative estimate of drug-likeness (QED) is 0.339. The van der Waals surface area contributed by atoms with Crippen molar-refractivity contribution >= 4 is 50.7 Å². The molecule has 1 unspecified atom stereocenters. The predicted octanol–water partition coefficient (Wildman–Crippen LogP) is 3.74. The Kier molecular flexibility index (Phi) is 8.59. The lowest BCUT2D eigenvalue weighted by Crippen LogP contribution is -2.43. The molecule has 0 saturated heterocycles. The number of rotatable bonds is 7. The number of guanidine groups is 1. The van der Waals surface area contributed by atoms with Crippen molar-refractivity contribution in [2.75, 3.05) is 25.6 Å². The summed E-state index contributed by atoms with van der Waals surface area (Å²) in [5.74, 6) is 1.68. The summed E-state index contributed by atoms with van der Waals surface area (Å²) in [5, 5.41) is 7.67. The second-order valence-electron chi connectivity index (χ2n) is 7.52. The zero-order valence-corrected chi connectivity index (χ0v) is 19.7. The van der Waals surface area contributed by atoms with Crippen LogP contribution >= 0.6 is 24.0 Å². The van der Waals surface area contributed by atoms with E-state index in [0.717, 1.165) is 16.7 Å². The Morgan fingerprint density at radius 2 is 1.96 bits per heavy atom. The van der Waals surface area contributed by atoms with Gasteiger partial charge in [0.2, 0.25) is 0 Å². The van der Waals surface area contributed by atoms with Gasteiger partial charge in [0.25, 0.3) is 0 Å². The van der Waals surface area contributed by atoms with Gasteiger partial charge in [-0.25, -0.2) is 8.42 Å². The predicted molar refractivity (Wildman–Crippen MR) is 123 cm³/mol. The number of sulfone groups is 1. The molecule has 1 aromatic carbocycles. The van der Waals surface area contributed by atoms with Crippen LogP contribution in [0.15, 0.2) is 39.7 Å². The van der Waals surface area contributed by atoms with Crippen LogP contribution in [0.1, 0.15) is 39.0 Å². The first-order chi connectivity index (χ1) is 12.1. The highest BCUT2D eigenvalue weighted by Gasteiger charge is 2.21. The Hall–Kier alpha value is -1.29. The highest BCUT2D eigenvalue weighted by Crippen LogP contribution is 2.23. The monoisotopic (exact) mass is 507 g/mol. The molecule has 2 aromatic rings. The first-order valence-electron chi connectivity index (χ1n) is 8.73. The lowest BCUT2D eigenvalue weighted by Gasteiger charge is -2.26. The van der Waals surface area contributed by atoms with Crippen LogP contribution in [-0.4, -0.2) is 40.0 Å². The van der Waals surface area contributed by atoms with Gasteiger partial charge in [0.15, 0.2) is 5.96 Å². The SMILES string of the molecule is CN=C(NCC(C)(C)CCS(C)(=O)=O)NC(C)c1cc2ccccc2o1.I. The third-order valence-corrected chi connectivity index (χ3v) is 5.28. The van der Waals surface area contributed by atoms with E-state index in [1.807, 2.05) is 51.1 Å². The maximum absolute atomic E-state index is 11.4. The standard InChI is InChI=1S/C19H29N3O3S.HI/c1-14(17-12-15-8-6-7-9-16(15)25-17)22-18(20-4)21-13-19(2,3)10-11-26(5,23)24;/h6-9,12,14H,10-11,13H2,1-5H3,(H2,20,21,22);1H. The van der Waals surface area contributed by atoms with Gasteiger partial charge in [0.05, 0.1) is 11.8 Å². The van der Waals surface area contributed by atoms with Crippen molar-refractivity contribution in [3.8, 4) is 0 Å². The number of aliphatic imine (C=N–C) groups is 1. The molecule has 0 saturated carbocycles. The van der Waals surface area contributed by atoms with Gasteiger partial charge in [-0.1, -0.05) is 32.0 Å². The molecule has 1 atom stereocenters. The second-order valence-corrected chi connectivity index (χ2v) is 9.78. The maximum Gasteiger partial charge on any atom is 0.191 e. The van der Waals surface area contributed by atoms with Gasteiger partial charge in [-0.3, -0.25) is 4.99 Å². The van der Waals surface area contributed by atoms with Gasteiger partial charge < -0.3 is 15.1 Å². The Morgan fingerprint density at radius 1 is 1.30 bits per heavy atom. The molecule has 152 valence electrons. The summed E-state index contributed by atoms with van der Waals surface area (Å²) in [6.07, 6.45) is 1.86. The molecule has 0 aliphatic heterocycles.